The summed E-state index contributed by atoms with van der Waals surface area (Å²) in [4.78, 5) is 18.8. The van der Waals surface area contributed by atoms with E-state index < -0.39 is 0 Å². The van der Waals surface area contributed by atoms with Crippen LogP contribution < -0.4 is 10.5 Å². The molecule has 0 bridgehead atoms. The molecule has 0 radical (unpaired) electrons. The van der Waals surface area contributed by atoms with Crippen molar-refractivity contribution in [2.24, 2.45) is 17.6 Å². The Morgan fingerprint density at radius 1 is 1.50 bits per heavy atom. The predicted octanol–water partition coefficient (Wildman–Crippen LogP) is 2.07. The van der Waals surface area contributed by atoms with Crippen molar-refractivity contribution < 1.29 is 9.53 Å². The Bertz CT molecular complexity index is 548. The Labute approximate surface area is 131 Å². The zero-order valence-electron chi connectivity index (χ0n) is 13.4. The molecule has 2 N–H and O–H groups in total. The average Bonchev–Trinajstić information content (AvgIpc) is 3.09. The Morgan fingerprint density at radius 3 is 3.05 bits per heavy atom. The topological polar surface area (TPSA) is 68.5 Å². The zero-order chi connectivity index (χ0) is 15.7. The second-order valence-electron chi connectivity index (χ2n) is 6.59. The van der Waals surface area contributed by atoms with E-state index in [1.807, 2.05) is 11.8 Å². The van der Waals surface area contributed by atoms with Gasteiger partial charge in [0.25, 0.3) is 5.91 Å². The molecule has 5 heteroatoms. The van der Waals surface area contributed by atoms with Crippen LogP contribution in [0.15, 0.2) is 18.3 Å². The molecular formula is C17H25N3O2. The van der Waals surface area contributed by atoms with Crippen LogP contribution in [-0.2, 0) is 0 Å². The molecule has 0 aromatic carbocycles. The van der Waals surface area contributed by atoms with Crippen molar-refractivity contribution in [3.63, 3.8) is 0 Å². The molecule has 22 heavy (non-hydrogen) atoms. The highest BCUT2D eigenvalue weighted by Gasteiger charge is 2.42. The lowest BCUT2D eigenvalue weighted by Gasteiger charge is -2.19. The van der Waals surface area contributed by atoms with E-state index in [4.69, 9.17) is 10.5 Å². The normalized spacial score (nSPS) is 28.5. The Balaban J connectivity index is 1.69. The van der Waals surface area contributed by atoms with Gasteiger partial charge in [-0.25, -0.2) is 4.98 Å². The first kappa shape index (κ1) is 15.3. The van der Waals surface area contributed by atoms with E-state index in [0.717, 1.165) is 32.4 Å². The zero-order valence-corrected chi connectivity index (χ0v) is 13.4. The van der Waals surface area contributed by atoms with Gasteiger partial charge in [0.2, 0.25) is 5.88 Å². The van der Waals surface area contributed by atoms with E-state index >= 15 is 0 Å². The van der Waals surface area contributed by atoms with Crippen molar-refractivity contribution in [2.45, 2.75) is 45.3 Å². The Kier molecular flexibility index (Phi) is 4.34. The van der Waals surface area contributed by atoms with Gasteiger partial charge in [-0.3, -0.25) is 4.79 Å². The molecule has 120 valence electrons. The van der Waals surface area contributed by atoms with E-state index in [9.17, 15) is 4.79 Å². The van der Waals surface area contributed by atoms with Gasteiger partial charge < -0.3 is 15.4 Å². The van der Waals surface area contributed by atoms with Crippen molar-refractivity contribution in [1.29, 1.82) is 0 Å². The maximum Gasteiger partial charge on any atom is 0.254 e. The van der Waals surface area contributed by atoms with Crippen molar-refractivity contribution >= 4 is 5.91 Å². The van der Waals surface area contributed by atoms with E-state index in [2.05, 4.69) is 11.9 Å². The van der Waals surface area contributed by atoms with Gasteiger partial charge in [-0.2, -0.15) is 0 Å². The largest absolute Gasteiger partial charge is 0.475 e. The SMILES string of the molecule is CCC(C)Oc1cc(C(=O)N2CC3CCC(N)C3C2)ccn1. The van der Waals surface area contributed by atoms with Gasteiger partial charge in [0.15, 0.2) is 0 Å². The van der Waals surface area contributed by atoms with E-state index in [1.54, 1.807) is 18.3 Å². The van der Waals surface area contributed by atoms with Crippen molar-refractivity contribution in [1.82, 2.24) is 9.88 Å². The molecule has 2 aliphatic rings. The number of carbonyl (C=O) groups is 1. The lowest BCUT2D eigenvalue weighted by molar-refractivity contribution is 0.0778. The van der Waals surface area contributed by atoms with E-state index in [0.29, 0.717) is 23.3 Å². The third-order valence-electron chi connectivity index (χ3n) is 5.08. The molecule has 1 saturated carbocycles. The van der Waals surface area contributed by atoms with E-state index in [1.165, 1.54) is 0 Å². The number of carbonyl (C=O) groups excluding carboxylic acids is 1. The molecule has 4 unspecified atom stereocenters. The molecule has 1 aromatic heterocycles. The average molecular weight is 303 g/mol. The molecule has 2 fully saturated rings. The third-order valence-corrected chi connectivity index (χ3v) is 5.08. The number of nitrogens with two attached hydrogens (primary N) is 1. The van der Waals surface area contributed by atoms with Crippen molar-refractivity contribution in [3.05, 3.63) is 23.9 Å². The van der Waals surface area contributed by atoms with Crippen LogP contribution in [0.25, 0.3) is 0 Å². The number of rotatable bonds is 4. The van der Waals surface area contributed by atoms with Gasteiger partial charge in [-0.15, -0.1) is 0 Å². The maximum absolute atomic E-state index is 12.7. The van der Waals surface area contributed by atoms with Gasteiger partial charge in [0.1, 0.15) is 0 Å². The minimum absolute atomic E-state index is 0.0676. The number of likely N-dealkylation sites (tertiary alicyclic amines) is 1. The molecule has 2 heterocycles. The minimum Gasteiger partial charge on any atom is -0.475 e. The monoisotopic (exact) mass is 303 g/mol. The second kappa shape index (κ2) is 6.24. The smallest absolute Gasteiger partial charge is 0.254 e. The summed E-state index contributed by atoms with van der Waals surface area (Å²) >= 11 is 0. The number of fused-ring (bicyclic) bond motifs is 1. The summed E-state index contributed by atoms with van der Waals surface area (Å²) in [6.45, 7) is 5.68. The molecule has 1 saturated heterocycles. The summed E-state index contributed by atoms with van der Waals surface area (Å²) in [5.74, 6) is 1.65. The lowest BCUT2D eigenvalue weighted by atomic mass is 9.98. The first-order valence-corrected chi connectivity index (χ1v) is 8.26. The van der Waals surface area contributed by atoms with Crippen LogP contribution in [-0.4, -0.2) is 41.0 Å². The number of nitrogens with zero attached hydrogens (tertiary/aromatic N) is 2. The number of ether oxygens (including phenoxy) is 1. The molecule has 1 aromatic rings. The summed E-state index contributed by atoms with van der Waals surface area (Å²) in [7, 11) is 0. The highest BCUT2D eigenvalue weighted by atomic mass is 16.5. The lowest BCUT2D eigenvalue weighted by Crippen LogP contribution is -2.33. The molecule has 0 spiro atoms. The van der Waals surface area contributed by atoms with Crippen LogP contribution in [0.5, 0.6) is 5.88 Å². The van der Waals surface area contributed by atoms with Crippen LogP contribution in [0.1, 0.15) is 43.5 Å². The molecule has 1 aliphatic heterocycles. The highest BCUT2D eigenvalue weighted by molar-refractivity contribution is 5.94. The van der Waals surface area contributed by atoms with Gasteiger partial charge >= 0.3 is 0 Å². The van der Waals surface area contributed by atoms with Gasteiger partial charge in [0.05, 0.1) is 6.10 Å². The summed E-state index contributed by atoms with van der Waals surface area (Å²) in [5.41, 5.74) is 6.80. The maximum atomic E-state index is 12.7. The number of hydrogen-bond donors (Lipinski definition) is 1. The van der Waals surface area contributed by atoms with Crippen LogP contribution in [0.4, 0.5) is 0 Å². The van der Waals surface area contributed by atoms with Crippen LogP contribution in [0.3, 0.4) is 0 Å². The number of amides is 1. The molecule has 4 atom stereocenters. The van der Waals surface area contributed by atoms with Crippen molar-refractivity contribution in [2.75, 3.05) is 13.1 Å². The first-order valence-electron chi connectivity index (χ1n) is 8.26. The molecule has 1 amide bonds. The Hall–Kier alpha value is -1.62. The van der Waals surface area contributed by atoms with Crippen LogP contribution in [0, 0.1) is 11.8 Å². The fourth-order valence-corrected chi connectivity index (χ4v) is 3.55. The second-order valence-corrected chi connectivity index (χ2v) is 6.59. The third kappa shape index (κ3) is 2.95. The summed E-state index contributed by atoms with van der Waals surface area (Å²) < 4.78 is 5.71. The fraction of sp³-hybridized carbons (Fsp3) is 0.647. The highest BCUT2D eigenvalue weighted by Crippen LogP contribution is 2.37. The molecule has 1 aliphatic carbocycles. The first-order chi connectivity index (χ1) is 10.6. The van der Waals surface area contributed by atoms with E-state index in [-0.39, 0.29) is 18.1 Å². The fourth-order valence-electron chi connectivity index (χ4n) is 3.55. The molecule has 5 nitrogen and oxygen atoms in total. The number of hydrogen-bond acceptors (Lipinski definition) is 4. The quantitative estimate of drug-likeness (QED) is 0.924. The van der Waals surface area contributed by atoms with Gasteiger partial charge in [0, 0.05) is 37.0 Å². The summed E-state index contributed by atoms with van der Waals surface area (Å²) in [5, 5.41) is 0. The Morgan fingerprint density at radius 2 is 2.32 bits per heavy atom. The van der Waals surface area contributed by atoms with Gasteiger partial charge in [-0.05, 0) is 44.1 Å². The summed E-state index contributed by atoms with van der Waals surface area (Å²) in [6, 6.07) is 3.77. The predicted molar refractivity (Wildman–Crippen MR) is 84.7 cm³/mol. The number of aromatic nitrogens is 1. The minimum atomic E-state index is 0.0676. The van der Waals surface area contributed by atoms with Crippen LogP contribution >= 0.6 is 0 Å². The van der Waals surface area contributed by atoms with Crippen molar-refractivity contribution in [3.8, 4) is 5.88 Å². The van der Waals surface area contributed by atoms with Crippen LogP contribution in [0.2, 0.25) is 0 Å². The van der Waals surface area contributed by atoms with Gasteiger partial charge in [-0.1, -0.05) is 6.92 Å². The standard InChI is InChI=1S/C17H25N3O2/c1-3-11(2)22-16-8-12(6-7-19-16)17(21)20-9-13-4-5-15(18)14(13)10-20/h6-8,11,13-15H,3-5,9-10,18H2,1-2H3. The summed E-state index contributed by atoms with van der Waals surface area (Å²) in [6.07, 6.45) is 4.90. The molecule has 3 rings (SSSR count). The number of pyridine rings is 1. The molecular weight excluding hydrogens is 278 g/mol.